The van der Waals surface area contributed by atoms with Crippen molar-refractivity contribution in [2.75, 3.05) is 45.3 Å². The number of nitrogens with zero attached hydrogens (tertiary/aromatic N) is 4. The van der Waals surface area contributed by atoms with Gasteiger partial charge in [-0.3, -0.25) is 0 Å². The number of nitrogens with one attached hydrogen (secondary N) is 1. The van der Waals surface area contributed by atoms with Crippen LogP contribution in [-0.2, 0) is 0 Å². The number of ether oxygens (including phenoxy) is 2. The summed E-state index contributed by atoms with van der Waals surface area (Å²) >= 11 is 0. The molecule has 0 saturated carbocycles. The average molecular weight is 239 g/mol. The maximum absolute atomic E-state index is 5.03. The lowest BCUT2D eigenvalue weighted by molar-refractivity contribution is 0.340. The van der Waals surface area contributed by atoms with Gasteiger partial charge >= 0.3 is 12.0 Å². The van der Waals surface area contributed by atoms with Gasteiger partial charge in [0, 0.05) is 19.6 Å². The van der Waals surface area contributed by atoms with Gasteiger partial charge in [-0.2, -0.15) is 9.97 Å². The lowest BCUT2D eigenvalue weighted by Gasteiger charge is -2.19. The van der Waals surface area contributed by atoms with E-state index in [9.17, 15) is 0 Å². The summed E-state index contributed by atoms with van der Waals surface area (Å²) in [4.78, 5) is 14.6. The second-order valence-corrected chi connectivity index (χ2v) is 3.70. The van der Waals surface area contributed by atoms with Gasteiger partial charge in [0.25, 0.3) is 0 Å². The Balaban J connectivity index is 2.22. The van der Waals surface area contributed by atoms with E-state index in [4.69, 9.17) is 9.47 Å². The molecule has 1 aliphatic heterocycles. The highest BCUT2D eigenvalue weighted by Gasteiger charge is 2.15. The van der Waals surface area contributed by atoms with Crippen LogP contribution in [0.25, 0.3) is 0 Å². The standard InChI is InChI=1S/C10H17N5O2/c1-16-9-12-8(13-10(14-9)17-2)15-6-3-4-11-5-7-15/h11H,3-7H2,1-2H3. The molecule has 0 unspecified atom stereocenters. The van der Waals surface area contributed by atoms with Crippen LogP contribution in [0.15, 0.2) is 0 Å². The van der Waals surface area contributed by atoms with E-state index in [1.54, 1.807) is 0 Å². The van der Waals surface area contributed by atoms with Gasteiger partial charge in [-0.15, -0.1) is 4.98 Å². The second kappa shape index (κ2) is 5.62. The van der Waals surface area contributed by atoms with Gasteiger partial charge in [0.15, 0.2) is 0 Å². The van der Waals surface area contributed by atoms with E-state index in [0.29, 0.717) is 5.95 Å². The van der Waals surface area contributed by atoms with E-state index in [1.807, 2.05) is 0 Å². The first-order chi connectivity index (χ1) is 8.33. The molecule has 0 radical (unpaired) electrons. The molecular weight excluding hydrogens is 222 g/mol. The van der Waals surface area contributed by atoms with Crippen molar-refractivity contribution in [2.24, 2.45) is 0 Å². The molecule has 1 aliphatic rings. The first kappa shape index (κ1) is 11.8. The molecule has 0 aliphatic carbocycles. The fraction of sp³-hybridized carbons (Fsp3) is 0.700. The molecule has 0 amide bonds. The van der Waals surface area contributed by atoms with Crippen LogP contribution >= 0.6 is 0 Å². The van der Waals surface area contributed by atoms with Crippen molar-refractivity contribution < 1.29 is 9.47 Å². The summed E-state index contributed by atoms with van der Waals surface area (Å²) in [7, 11) is 3.06. The van der Waals surface area contributed by atoms with Crippen molar-refractivity contribution in [2.45, 2.75) is 6.42 Å². The topological polar surface area (TPSA) is 72.4 Å². The van der Waals surface area contributed by atoms with E-state index in [1.165, 1.54) is 14.2 Å². The quantitative estimate of drug-likeness (QED) is 0.775. The normalized spacial score (nSPS) is 16.5. The second-order valence-electron chi connectivity index (χ2n) is 3.70. The molecule has 17 heavy (non-hydrogen) atoms. The summed E-state index contributed by atoms with van der Waals surface area (Å²) in [6.45, 7) is 3.74. The summed E-state index contributed by atoms with van der Waals surface area (Å²) in [6, 6.07) is 0.563. The van der Waals surface area contributed by atoms with Crippen molar-refractivity contribution in [3.05, 3.63) is 0 Å². The molecule has 1 N–H and O–H groups in total. The summed E-state index contributed by atoms with van der Waals surface area (Å²) in [5.41, 5.74) is 0. The molecule has 94 valence electrons. The summed E-state index contributed by atoms with van der Waals surface area (Å²) in [6.07, 6.45) is 1.07. The minimum Gasteiger partial charge on any atom is -0.467 e. The molecular formula is C10H17N5O2. The van der Waals surface area contributed by atoms with Crippen molar-refractivity contribution in [1.29, 1.82) is 0 Å². The highest BCUT2D eigenvalue weighted by Crippen LogP contribution is 2.16. The highest BCUT2D eigenvalue weighted by molar-refractivity contribution is 5.32. The molecule has 2 heterocycles. The number of rotatable bonds is 3. The third-order valence-corrected chi connectivity index (χ3v) is 2.57. The maximum atomic E-state index is 5.03. The summed E-state index contributed by atoms with van der Waals surface area (Å²) < 4.78 is 10.1. The Labute approximate surface area is 100 Å². The number of hydrogen-bond donors (Lipinski definition) is 1. The Morgan fingerprint density at radius 1 is 1.00 bits per heavy atom. The number of methoxy groups -OCH3 is 2. The van der Waals surface area contributed by atoms with Crippen molar-refractivity contribution >= 4 is 5.95 Å². The van der Waals surface area contributed by atoms with Crippen LogP contribution < -0.4 is 19.7 Å². The van der Waals surface area contributed by atoms with Gasteiger partial charge in [-0.25, -0.2) is 0 Å². The van der Waals surface area contributed by atoms with Gasteiger partial charge in [-0.05, 0) is 13.0 Å². The van der Waals surface area contributed by atoms with Gasteiger partial charge in [0.2, 0.25) is 5.95 Å². The molecule has 1 fully saturated rings. The van der Waals surface area contributed by atoms with E-state index < -0.39 is 0 Å². The van der Waals surface area contributed by atoms with Crippen molar-refractivity contribution in [3.8, 4) is 12.0 Å². The zero-order valence-electron chi connectivity index (χ0n) is 10.1. The molecule has 1 aromatic heterocycles. The van der Waals surface area contributed by atoms with E-state index in [-0.39, 0.29) is 12.0 Å². The zero-order chi connectivity index (χ0) is 12.1. The zero-order valence-corrected chi connectivity index (χ0v) is 10.1. The van der Waals surface area contributed by atoms with Crippen LogP contribution in [-0.4, -0.2) is 55.4 Å². The average Bonchev–Trinajstić information content (AvgIpc) is 2.67. The van der Waals surface area contributed by atoms with E-state index >= 15 is 0 Å². The van der Waals surface area contributed by atoms with Crippen LogP contribution in [0.2, 0.25) is 0 Å². The van der Waals surface area contributed by atoms with Gasteiger partial charge < -0.3 is 19.7 Å². The van der Waals surface area contributed by atoms with Gasteiger partial charge in [0.1, 0.15) is 0 Å². The highest BCUT2D eigenvalue weighted by atomic mass is 16.5. The maximum Gasteiger partial charge on any atom is 0.324 e. The van der Waals surface area contributed by atoms with Crippen LogP contribution in [0.3, 0.4) is 0 Å². The van der Waals surface area contributed by atoms with Gasteiger partial charge in [-0.1, -0.05) is 0 Å². The Morgan fingerprint density at radius 3 is 2.35 bits per heavy atom. The van der Waals surface area contributed by atoms with Crippen LogP contribution in [0.5, 0.6) is 12.0 Å². The molecule has 1 saturated heterocycles. The molecule has 0 atom stereocenters. The molecule has 0 bridgehead atoms. The van der Waals surface area contributed by atoms with Crippen LogP contribution in [0.4, 0.5) is 5.95 Å². The van der Waals surface area contributed by atoms with E-state index in [2.05, 4.69) is 25.2 Å². The number of anilines is 1. The lowest BCUT2D eigenvalue weighted by Crippen LogP contribution is -2.29. The monoisotopic (exact) mass is 239 g/mol. The third kappa shape index (κ3) is 2.94. The lowest BCUT2D eigenvalue weighted by atomic mass is 10.4. The minimum absolute atomic E-state index is 0.282. The molecule has 0 aromatic carbocycles. The minimum atomic E-state index is 0.282. The Hall–Kier alpha value is -1.63. The van der Waals surface area contributed by atoms with Crippen LogP contribution in [0, 0.1) is 0 Å². The Bertz CT molecular complexity index is 343. The van der Waals surface area contributed by atoms with Crippen molar-refractivity contribution in [3.63, 3.8) is 0 Å². The Morgan fingerprint density at radius 2 is 1.71 bits per heavy atom. The third-order valence-electron chi connectivity index (χ3n) is 2.57. The predicted molar refractivity (Wildman–Crippen MR) is 62.6 cm³/mol. The number of aromatic nitrogens is 3. The summed E-state index contributed by atoms with van der Waals surface area (Å²) in [5.74, 6) is 0.609. The predicted octanol–water partition coefficient (Wildman–Crippen LogP) is -0.311. The fourth-order valence-electron chi connectivity index (χ4n) is 1.70. The largest absolute Gasteiger partial charge is 0.467 e. The molecule has 2 rings (SSSR count). The number of hydrogen-bond acceptors (Lipinski definition) is 7. The van der Waals surface area contributed by atoms with Crippen molar-refractivity contribution in [1.82, 2.24) is 20.3 Å². The molecule has 1 aromatic rings. The molecule has 7 nitrogen and oxygen atoms in total. The summed E-state index contributed by atoms with van der Waals surface area (Å²) in [5, 5.41) is 3.33. The SMILES string of the molecule is COc1nc(OC)nc(N2CCCNCC2)n1. The van der Waals surface area contributed by atoms with Crippen LogP contribution in [0.1, 0.15) is 6.42 Å². The van der Waals surface area contributed by atoms with Gasteiger partial charge in [0.05, 0.1) is 14.2 Å². The molecule has 7 heteroatoms. The van der Waals surface area contributed by atoms with E-state index in [0.717, 1.165) is 32.6 Å². The fourth-order valence-corrected chi connectivity index (χ4v) is 1.70. The first-order valence-electron chi connectivity index (χ1n) is 5.63. The Kier molecular flexibility index (Phi) is 3.92. The smallest absolute Gasteiger partial charge is 0.324 e. The first-order valence-corrected chi connectivity index (χ1v) is 5.63. The molecule has 0 spiro atoms.